The van der Waals surface area contributed by atoms with E-state index in [1.165, 1.54) is 5.57 Å². The molecule has 1 N–H and O–H groups in total. The summed E-state index contributed by atoms with van der Waals surface area (Å²) in [6, 6.07) is 2.23. The molecular weight excluding hydrogens is 444 g/mol. The second-order valence-corrected chi connectivity index (χ2v) is 12.5. The van der Waals surface area contributed by atoms with Gasteiger partial charge >= 0.3 is 5.97 Å². The Bertz CT molecular complexity index is 908. The van der Waals surface area contributed by atoms with Crippen LogP contribution in [0.4, 0.5) is 0 Å². The number of ether oxygens (including phenoxy) is 1. The lowest BCUT2D eigenvalue weighted by Gasteiger charge is -2.34. The Hall–Kier alpha value is -1.69. The van der Waals surface area contributed by atoms with Gasteiger partial charge < -0.3 is 4.74 Å². The van der Waals surface area contributed by atoms with Gasteiger partial charge in [-0.05, 0) is 53.0 Å². The zero-order valence-electron chi connectivity index (χ0n) is 19.8. The standard InChI is InChI=1S/C24H34N2O4S2/c1-7-30-22(28)12-19(27)13-24(6,26-32(29)23(3,4)5)21-11-18(15-31-21)20-10-17(14-25)9-8-16(20)2/h9-11,16,18,26H,7-8,12-13,15H2,1-6H3/t16?,18?,24-,32?/m0/s1. The maximum Gasteiger partial charge on any atom is 0.313 e. The van der Waals surface area contributed by atoms with Crippen molar-refractivity contribution in [3.63, 3.8) is 0 Å². The number of nitrogens with zero attached hydrogens (tertiary/aromatic N) is 1. The third-order valence-electron chi connectivity index (χ3n) is 5.53. The molecule has 1 aliphatic heterocycles. The predicted octanol–water partition coefficient (Wildman–Crippen LogP) is 4.37. The van der Waals surface area contributed by atoms with Crippen molar-refractivity contribution < 1.29 is 18.5 Å². The minimum atomic E-state index is -1.40. The quantitative estimate of drug-likeness (QED) is 0.390. The van der Waals surface area contributed by atoms with Crippen molar-refractivity contribution >= 4 is 34.5 Å². The van der Waals surface area contributed by atoms with E-state index in [0.29, 0.717) is 11.5 Å². The van der Waals surface area contributed by atoms with E-state index in [-0.39, 0.29) is 31.1 Å². The summed E-state index contributed by atoms with van der Waals surface area (Å²) in [5.74, 6) is 0.484. The van der Waals surface area contributed by atoms with Crippen LogP contribution < -0.4 is 4.72 Å². The number of thioether (sulfide) groups is 1. The SMILES string of the molecule is CCOC(=O)CC(=O)C[C@](C)(NS(=O)C(C)(C)C)C1=CC(C2=CC(C#N)=CCC2C)CS1. The summed E-state index contributed by atoms with van der Waals surface area (Å²) < 4.78 is 20.6. The fourth-order valence-electron chi connectivity index (χ4n) is 3.73. The topological polar surface area (TPSA) is 96.3 Å². The highest BCUT2D eigenvalue weighted by Crippen LogP contribution is 2.44. The molecule has 0 bridgehead atoms. The van der Waals surface area contributed by atoms with Gasteiger partial charge in [0, 0.05) is 28.6 Å². The molecule has 176 valence electrons. The van der Waals surface area contributed by atoms with E-state index in [1.807, 2.05) is 39.8 Å². The number of allylic oxidation sites excluding steroid dienone is 5. The largest absolute Gasteiger partial charge is 0.466 e. The van der Waals surface area contributed by atoms with Gasteiger partial charge in [0.25, 0.3) is 0 Å². The number of nitriles is 1. The molecule has 0 fully saturated rings. The van der Waals surface area contributed by atoms with E-state index in [9.17, 15) is 19.1 Å². The van der Waals surface area contributed by atoms with Crippen molar-refractivity contribution in [1.29, 1.82) is 5.26 Å². The summed E-state index contributed by atoms with van der Waals surface area (Å²) >= 11 is 1.64. The number of esters is 1. The van der Waals surface area contributed by atoms with Crippen LogP contribution in [0.15, 0.2) is 34.3 Å². The molecular formula is C24H34N2O4S2. The maximum absolute atomic E-state index is 13.0. The normalized spacial score (nSPS) is 23.8. The molecule has 0 aromatic carbocycles. The van der Waals surface area contributed by atoms with Crippen LogP contribution in [0.2, 0.25) is 0 Å². The van der Waals surface area contributed by atoms with Crippen molar-refractivity contribution in [3.8, 4) is 6.07 Å². The van der Waals surface area contributed by atoms with Crippen molar-refractivity contribution in [2.24, 2.45) is 11.8 Å². The summed E-state index contributed by atoms with van der Waals surface area (Å²) in [5.41, 5.74) is 1.03. The van der Waals surface area contributed by atoms with Crippen molar-refractivity contribution in [3.05, 3.63) is 34.3 Å². The molecule has 0 spiro atoms. The molecule has 2 rings (SSSR count). The molecule has 0 aromatic rings. The zero-order chi connectivity index (χ0) is 24.1. The van der Waals surface area contributed by atoms with E-state index < -0.39 is 27.2 Å². The Morgan fingerprint density at radius 2 is 2.03 bits per heavy atom. The Morgan fingerprint density at radius 1 is 1.34 bits per heavy atom. The lowest BCUT2D eigenvalue weighted by atomic mass is 9.82. The van der Waals surface area contributed by atoms with Gasteiger partial charge in [0.15, 0.2) is 0 Å². The molecule has 0 saturated heterocycles. The number of carbonyl (C=O) groups excluding carboxylic acids is 2. The Labute approximate surface area is 198 Å². The lowest BCUT2D eigenvalue weighted by molar-refractivity contribution is -0.145. The average molecular weight is 479 g/mol. The number of nitrogens with one attached hydrogen (secondary N) is 1. The van der Waals surface area contributed by atoms with Gasteiger partial charge in [-0.1, -0.05) is 24.6 Å². The molecule has 32 heavy (non-hydrogen) atoms. The summed E-state index contributed by atoms with van der Waals surface area (Å²) in [5, 5.41) is 9.30. The van der Waals surface area contributed by atoms with Crippen LogP contribution in [-0.4, -0.2) is 38.6 Å². The Balaban J connectivity index is 2.32. The van der Waals surface area contributed by atoms with Crippen LogP contribution in [0.1, 0.15) is 60.8 Å². The first-order chi connectivity index (χ1) is 14.9. The van der Waals surface area contributed by atoms with E-state index in [1.54, 1.807) is 18.7 Å². The lowest BCUT2D eigenvalue weighted by Crippen LogP contribution is -2.50. The molecule has 0 radical (unpaired) electrons. The number of hydrogen-bond acceptors (Lipinski definition) is 6. The average Bonchev–Trinajstić information content (AvgIpc) is 3.18. The first-order valence-electron chi connectivity index (χ1n) is 10.9. The maximum atomic E-state index is 13.0. The van der Waals surface area contributed by atoms with Gasteiger partial charge in [0.05, 0.1) is 33.9 Å². The molecule has 3 unspecified atom stereocenters. The van der Waals surface area contributed by atoms with Gasteiger partial charge in [-0.3, -0.25) is 9.59 Å². The molecule has 8 heteroatoms. The first-order valence-corrected chi connectivity index (χ1v) is 13.1. The molecule has 0 aromatic heterocycles. The highest BCUT2D eigenvalue weighted by Gasteiger charge is 2.40. The van der Waals surface area contributed by atoms with Gasteiger partial charge in [-0.25, -0.2) is 8.93 Å². The highest BCUT2D eigenvalue weighted by atomic mass is 32.2. The molecule has 6 nitrogen and oxygen atoms in total. The van der Waals surface area contributed by atoms with E-state index in [0.717, 1.165) is 17.1 Å². The molecule has 1 aliphatic carbocycles. The number of ketones is 1. The van der Waals surface area contributed by atoms with Gasteiger partial charge in [0.1, 0.15) is 12.2 Å². The van der Waals surface area contributed by atoms with E-state index in [2.05, 4.69) is 23.8 Å². The summed E-state index contributed by atoms with van der Waals surface area (Å²) in [7, 11) is -1.40. The first kappa shape index (κ1) is 26.6. The highest BCUT2D eigenvalue weighted by molar-refractivity contribution is 8.03. The minimum Gasteiger partial charge on any atom is -0.466 e. The predicted molar refractivity (Wildman–Crippen MR) is 130 cm³/mol. The molecule has 4 atom stereocenters. The molecule has 2 aliphatic rings. The summed E-state index contributed by atoms with van der Waals surface area (Å²) in [6.45, 7) is 11.6. The van der Waals surface area contributed by atoms with Crippen LogP contribution in [0, 0.1) is 23.2 Å². The number of carbonyl (C=O) groups is 2. The van der Waals surface area contributed by atoms with Crippen LogP contribution in [0.5, 0.6) is 0 Å². The molecule has 0 amide bonds. The van der Waals surface area contributed by atoms with Crippen LogP contribution in [-0.2, 0) is 25.3 Å². The summed E-state index contributed by atoms with van der Waals surface area (Å²) in [4.78, 5) is 25.5. The number of hydrogen-bond donors (Lipinski definition) is 1. The third-order valence-corrected chi connectivity index (χ3v) is 8.70. The van der Waals surface area contributed by atoms with Gasteiger partial charge in [0.2, 0.25) is 0 Å². The fourth-order valence-corrected chi connectivity index (χ4v) is 6.04. The second-order valence-electron chi connectivity index (χ2n) is 9.51. The van der Waals surface area contributed by atoms with Gasteiger partial charge in [-0.15, -0.1) is 11.8 Å². The second kappa shape index (κ2) is 11.0. The van der Waals surface area contributed by atoms with Crippen molar-refractivity contribution in [2.45, 2.75) is 71.1 Å². The smallest absolute Gasteiger partial charge is 0.313 e. The monoisotopic (exact) mass is 478 g/mol. The third kappa shape index (κ3) is 6.90. The van der Waals surface area contributed by atoms with Crippen molar-refractivity contribution in [1.82, 2.24) is 4.72 Å². The molecule has 0 saturated carbocycles. The molecule has 1 heterocycles. The van der Waals surface area contributed by atoms with E-state index in [4.69, 9.17) is 4.74 Å². The minimum absolute atomic E-state index is 0.0388. The van der Waals surface area contributed by atoms with Crippen LogP contribution in [0.3, 0.4) is 0 Å². The Morgan fingerprint density at radius 3 is 2.62 bits per heavy atom. The van der Waals surface area contributed by atoms with Gasteiger partial charge in [-0.2, -0.15) is 5.26 Å². The number of Topliss-reactive ketones (excluding diaryl/α,β-unsaturated/α-hetero) is 1. The Kier molecular flexibility index (Phi) is 9.09. The van der Waals surface area contributed by atoms with E-state index >= 15 is 0 Å². The number of rotatable bonds is 9. The van der Waals surface area contributed by atoms with Crippen LogP contribution in [0.25, 0.3) is 0 Å². The van der Waals surface area contributed by atoms with Crippen molar-refractivity contribution in [2.75, 3.05) is 12.4 Å². The van der Waals surface area contributed by atoms with Crippen LogP contribution >= 0.6 is 11.8 Å². The summed E-state index contributed by atoms with van der Waals surface area (Å²) in [6.07, 6.45) is 6.65. The fraction of sp³-hybridized carbons (Fsp3) is 0.625. The zero-order valence-corrected chi connectivity index (χ0v) is 21.5.